The van der Waals surface area contributed by atoms with Crippen molar-refractivity contribution in [3.05, 3.63) is 53.2 Å². The van der Waals surface area contributed by atoms with Crippen molar-refractivity contribution in [2.24, 2.45) is 0 Å². The standard InChI is InChI=1S/C18H16N2O4S/c1-10-5-3-7-13(11(10)2)20-15(21)9-14(17(20)22)25-16-12(18(23)24)6-4-8-19-16/h3-8,14H,9H2,1-2H3,(H,23,24)/t14-/m0/s1. The van der Waals surface area contributed by atoms with Crippen LogP contribution in [0, 0.1) is 13.8 Å². The van der Waals surface area contributed by atoms with Crippen LogP contribution in [0.1, 0.15) is 27.9 Å². The second-order valence-electron chi connectivity index (χ2n) is 5.76. The zero-order valence-electron chi connectivity index (χ0n) is 13.7. The monoisotopic (exact) mass is 356 g/mol. The molecule has 1 aliphatic rings. The predicted octanol–water partition coefficient (Wildman–Crippen LogP) is 2.82. The molecule has 3 rings (SSSR count). The molecule has 0 radical (unpaired) electrons. The minimum atomic E-state index is -1.11. The molecule has 1 N–H and O–H groups in total. The fourth-order valence-corrected chi connectivity index (χ4v) is 3.81. The van der Waals surface area contributed by atoms with Crippen LogP contribution in [0.3, 0.4) is 0 Å². The Morgan fingerprint density at radius 3 is 2.72 bits per heavy atom. The smallest absolute Gasteiger partial charge is 0.338 e. The summed E-state index contributed by atoms with van der Waals surface area (Å²) in [5.74, 6) is -1.74. The van der Waals surface area contributed by atoms with Gasteiger partial charge in [0.25, 0.3) is 0 Å². The third-order valence-electron chi connectivity index (χ3n) is 4.18. The summed E-state index contributed by atoms with van der Waals surface area (Å²) in [6, 6.07) is 8.43. The van der Waals surface area contributed by atoms with E-state index in [1.54, 1.807) is 12.1 Å². The number of amides is 2. The first-order chi connectivity index (χ1) is 11.9. The van der Waals surface area contributed by atoms with Gasteiger partial charge in [-0.3, -0.25) is 9.59 Å². The number of imide groups is 1. The van der Waals surface area contributed by atoms with Crippen molar-refractivity contribution in [3.63, 3.8) is 0 Å². The summed E-state index contributed by atoms with van der Waals surface area (Å²) >= 11 is 1.02. The molecule has 1 aromatic carbocycles. The number of aryl methyl sites for hydroxylation is 1. The number of hydrogen-bond donors (Lipinski definition) is 1. The number of carbonyl (C=O) groups is 3. The van der Waals surface area contributed by atoms with E-state index in [4.69, 9.17) is 0 Å². The number of carboxylic acid groups (broad SMARTS) is 1. The van der Waals surface area contributed by atoms with Crippen molar-refractivity contribution >= 4 is 35.2 Å². The number of pyridine rings is 1. The van der Waals surface area contributed by atoms with Crippen molar-refractivity contribution in [1.29, 1.82) is 0 Å². The number of carboxylic acids is 1. The molecule has 128 valence electrons. The zero-order valence-corrected chi connectivity index (χ0v) is 14.5. The van der Waals surface area contributed by atoms with E-state index >= 15 is 0 Å². The molecular formula is C18H16N2O4S. The minimum absolute atomic E-state index is 0.0204. The molecule has 25 heavy (non-hydrogen) atoms. The molecule has 7 heteroatoms. The second-order valence-corrected chi connectivity index (χ2v) is 6.95. The maximum atomic E-state index is 12.8. The van der Waals surface area contributed by atoms with E-state index in [9.17, 15) is 19.5 Å². The molecule has 6 nitrogen and oxygen atoms in total. The number of aromatic carboxylic acids is 1. The van der Waals surface area contributed by atoms with Gasteiger partial charge < -0.3 is 5.11 Å². The van der Waals surface area contributed by atoms with Crippen molar-refractivity contribution in [2.75, 3.05) is 4.90 Å². The maximum Gasteiger partial charge on any atom is 0.338 e. The van der Waals surface area contributed by atoms with Crippen LogP contribution < -0.4 is 4.90 Å². The lowest BCUT2D eigenvalue weighted by Gasteiger charge is -2.18. The molecule has 2 heterocycles. The van der Waals surface area contributed by atoms with E-state index in [0.29, 0.717) is 5.69 Å². The van der Waals surface area contributed by atoms with Gasteiger partial charge in [-0.05, 0) is 43.2 Å². The first kappa shape index (κ1) is 17.2. The molecule has 1 aromatic heterocycles. The van der Waals surface area contributed by atoms with Crippen LogP contribution in [0.5, 0.6) is 0 Å². The number of anilines is 1. The summed E-state index contributed by atoms with van der Waals surface area (Å²) < 4.78 is 0. The number of carbonyl (C=O) groups excluding carboxylic acids is 2. The molecule has 0 aliphatic carbocycles. The Hall–Kier alpha value is -2.67. The number of thioether (sulfide) groups is 1. The van der Waals surface area contributed by atoms with Gasteiger partial charge in [0.05, 0.1) is 16.5 Å². The quantitative estimate of drug-likeness (QED) is 0.848. The van der Waals surface area contributed by atoms with Crippen LogP contribution in [0.4, 0.5) is 5.69 Å². The third kappa shape index (κ3) is 3.15. The number of benzene rings is 1. The fourth-order valence-electron chi connectivity index (χ4n) is 2.71. The zero-order chi connectivity index (χ0) is 18.1. The Morgan fingerprint density at radius 2 is 2.00 bits per heavy atom. The second kappa shape index (κ2) is 6.68. The molecule has 0 unspecified atom stereocenters. The van der Waals surface area contributed by atoms with Gasteiger partial charge in [-0.15, -0.1) is 0 Å². The van der Waals surface area contributed by atoms with Gasteiger partial charge in [-0.1, -0.05) is 23.9 Å². The minimum Gasteiger partial charge on any atom is -0.478 e. The van der Waals surface area contributed by atoms with Gasteiger partial charge in [0, 0.05) is 12.6 Å². The molecule has 1 fully saturated rings. The molecule has 0 bridgehead atoms. The molecule has 0 saturated carbocycles. The molecule has 1 aliphatic heterocycles. The van der Waals surface area contributed by atoms with E-state index in [1.165, 1.54) is 23.2 Å². The van der Waals surface area contributed by atoms with Crippen LogP contribution in [-0.2, 0) is 9.59 Å². The number of hydrogen-bond acceptors (Lipinski definition) is 5. The van der Waals surface area contributed by atoms with E-state index in [-0.39, 0.29) is 28.8 Å². The van der Waals surface area contributed by atoms with Gasteiger partial charge in [-0.2, -0.15) is 0 Å². The lowest BCUT2D eigenvalue weighted by atomic mass is 10.1. The van der Waals surface area contributed by atoms with Gasteiger partial charge in [0.2, 0.25) is 11.8 Å². The summed E-state index contributed by atoms with van der Waals surface area (Å²) in [7, 11) is 0. The van der Waals surface area contributed by atoms with Crippen molar-refractivity contribution < 1.29 is 19.5 Å². The van der Waals surface area contributed by atoms with E-state index in [0.717, 1.165) is 22.9 Å². The number of nitrogens with zero attached hydrogens (tertiary/aromatic N) is 2. The van der Waals surface area contributed by atoms with E-state index in [2.05, 4.69) is 4.98 Å². The van der Waals surface area contributed by atoms with Gasteiger partial charge in [0.1, 0.15) is 5.03 Å². The molecule has 0 spiro atoms. The summed E-state index contributed by atoms with van der Waals surface area (Å²) in [4.78, 5) is 41.7. The predicted molar refractivity (Wildman–Crippen MR) is 93.9 cm³/mol. The highest BCUT2D eigenvalue weighted by Crippen LogP contribution is 2.35. The lowest BCUT2D eigenvalue weighted by Crippen LogP contribution is -2.31. The number of rotatable bonds is 4. The summed E-state index contributed by atoms with van der Waals surface area (Å²) in [5, 5.41) is 8.80. The van der Waals surface area contributed by atoms with Crippen molar-refractivity contribution in [2.45, 2.75) is 30.5 Å². The number of aromatic nitrogens is 1. The first-order valence-corrected chi connectivity index (χ1v) is 8.56. The van der Waals surface area contributed by atoms with Gasteiger partial charge >= 0.3 is 5.97 Å². The Kier molecular flexibility index (Phi) is 4.59. The van der Waals surface area contributed by atoms with Crippen LogP contribution in [0.2, 0.25) is 0 Å². The van der Waals surface area contributed by atoms with Gasteiger partial charge in [-0.25, -0.2) is 14.7 Å². The average molecular weight is 356 g/mol. The SMILES string of the molecule is Cc1cccc(N2C(=O)C[C@H](Sc3ncccc3C(=O)O)C2=O)c1C. The highest BCUT2D eigenvalue weighted by molar-refractivity contribution is 8.00. The highest BCUT2D eigenvalue weighted by atomic mass is 32.2. The molecule has 1 atom stereocenters. The first-order valence-electron chi connectivity index (χ1n) is 7.68. The highest BCUT2D eigenvalue weighted by Gasteiger charge is 2.41. The average Bonchev–Trinajstić information content (AvgIpc) is 2.85. The fraction of sp³-hybridized carbons (Fsp3) is 0.222. The Morgan fingerprint density at radius 1 is 1.24 bits per heavy atom. The molecule has 2 aromatic rings. The molecule has 1 saturated heterocycles. The van der Waals surface area contributed by atoms with Crippen molar-refractivity contribution in [3.8, 4) is 0 Å². The van der Waals surface area contributed by atoms with Crippen LogP contribution in [-0.4, -0.2) is 33.1 Å². The van der Waals surface area contributed by atoms with Gasteiger partial charge in [0.15, 0.2) is 0 Å². The van der Waals surface area contributed by atoms with E-state index < -0.39 is 11.2 Å². The molecule has 2 amide bonds. The van der Waals surface area contributed by atoms with Crippen LogP contribution in [0.25, 0.3) is 0 Å². The van der Waals surface area contributed by atoms with Crippen LogP contribution >= 0.6 is 11.8 Å². The largest absolute Gasteiger partial charge is 0.478 e. The summed E-state index contributed by atoms with van der Waals surface area (Å²) in [5.41, 5.74) is 2.47. The normalized spacial score (nSPS) is 17.2. The summed E-state index contributed by atoms with van der Waals surface area (Å²) in [6.07, 6.45) is 1.49. The third-order valence-corrected chi connectivity index (χ3v) is 5.38. The maximum absolute atomic E-state index is 12.8. The lowest BCUT2D eigenvalue weighted by molar-refractivity contribution is -0.121. The Bertz CT molecular complexity index is 881. The van der Waals surface area contributed by atoms with Crippen molar-refractivity contribution in [1.82, 2.24) is 4.98 Å². The topological polar surface area (TPSA) is 87.6 Å². The van der Waals surface area contributed by atoms with E-state index in [1.807, 2.05) is 19.9 Å². The molecular weight excluding hydrogens is 340 g/mol. The van der Waals surface area contributed by atoms with Crippen LogP contribution in [0.15, 0.2) is 41.6 Å². The Balaban J connectivity index is 1.90. The Labute approximate surface area is 148 Å². The summed E-state index contributed by atoms with van der Waals surface area (Å²) in [6.45, 7) is 3.79.